The van der Waals surface area contributed by atoms with Gasteiger partial charge in [-0.2, -0.15) is 0 Å². The summed E-state index contributed by atoms with van der Waals surface area (Å²) in [5, 5.41) is 0. The second-order valence-electron chi connectivity index (χ2n) is 7.91. The van der Waals surface area contributed by atoms with Gasteiger partial charge in [-0.25, -0.2) is 0 Å². The van der Waals surface area contributed by atoms with E-state index < -0.39 is 0 Å². The van der Waals surface area contributed by atoms with Gasteiger partial charge in [-0.3, -0.25) is 14.5 Å². The van der Waals surface area contributed by atoms with E-state index in [1.807, 2.05) is 37.3 Å². The molecule has 6 heteroatoms. The third-order valence-corrected chi connectivity index (χ3v) is 6.08. The van der Waals surface area contributed by atoms with Gasteiger partial charge in [-0.15, -0.1) is 0 Å². The summed E-state index contributed by atoms with van der Waals surface area (Å²) in [7, 11) is 4.70. The SMILES string of the molecule is COc1cc(OC)c(C2CC(=O)N(c3ccc(C)cc3)C3=C2C(=O)CCC3)cc1OC. The number of amides is 1. The van der Waals surface area contributed by atoms with E-state index in [0.717, 1.165) is 28.9 Å². The Morgan fingerprint density at radius 2 is 1.52 bits per heavy atom. The molecule has 0 saturated heterocycles. The summed E-state index contributed by atoms with van der Waals surface area (Å²) < 4.78 is 16.5. The molecule has 6 nitrogen and oxygen atoms in total. The predicted octanol–water partition coefficient (Wildman–Crippen LogP) is 4.55. The van der Waals surface area contributed by atoms with E-state index in [0.29, 0.717) is 35.7 Å². The van der Waals surface area contributed by atoms with Crippen LogP contribution in [0.15, 0.2) is 47.7 Å². The summed E-state index contributed by atoms with van der Waals surface area (Å²) in [5.41, 5.74) is 4.19. The number of anilines is 1. The third kappa shape index (κ3) is 3.67. The fraction of sp³-hybridized carbons (Fsp3) is 0.360. The Kier molecular flexibility index (Phi) is 5.72. The lowest BCUT2D eigenvalue weighted by molar-refractivity contribution is -0.119. The molecule has 1 atom stereocenters. The fourth-order valence-electron chi connectivity index (χ4n) is 4.58. The van der Waals surface area contributed by atoms with Gasteiger partial charge in [-0.05, 0) is 38.0 Å². The lowest BCUT2D eigenvalue weighted by atomic mass is 9.76. The number of allylic oxidation sites excluding steroid dienone is 2. The number of nitrogens with zero attached hydrogens (tertiary/aromatic N) is 1. The standard InChI is InChI=1S/C25H27NO5/c1-15-8-10-16(11-9-15)26-19-6-5-7-20(27)25(19)18(13-24(26)28)17-12-22(30-3)23(31-4)14-21(17)29-2/h8-12,14,18H,5-7,13H2,1-4H3. The minimum atomic E-state index is -0.383. The highest BCUT2D eigenvalue weighted by atomic mass is 16.5. The number of Topliss-reactive ketones (excluding diaryl/α,β-unsaturated/α-hetero) is 1. The summed E-state index contributed by atoms with van der Waals surface area (Å²) in [6.07, 6.45) is 2.10. The third-order valence-electron chi connectivity index (χ3n) is 6.08. The molecule has 1 heterocycles. The molecule has 0 saturated carbocycles. The summed E-state index contributed by atoms with van der Waals surface area (Å²) in [5.74, 6) is 1.33. The van der Waals surface area contributed by atoms with Gasteiger partial charge >= 0.3 is 0 Å². The van der Waals surface area contributed by atoms with E-state index in [1.54, 1.807) is 32.3 Å². The average molecular weight is 421 g/mol. The molecule has 4 rings (SSSR count). The largest absolute Gasteiger partial charge is 0.496 e. The van der Waals surface area contributed by atoms with Crippen LogP contribution < -0.4 is 19.1 Å². The van der Waals surface area contributed by atoms with Crippen LogP contribution in [-0.2, 0) is 9.59 Å². The van der Waals surface area contributed by atoms with Crippen LogP contribution in [0, 0.1) is 6.92 Å². The van der Waals surface area contributed by atoms with Crippen molar-refractivity contribution in [3.63, 3.8) is 0 Å². The van der Waals surface area contributed by atoms with Gasteiger partial charge in [0.25, 0.3) is 0 Å². The molecule has 1 aliphatic heterocycles. The molecule has 2 aliphatic rings. The molecule has 162 valence electrons. The van der Waals surface area contributed by atoms with Crippen LogP contribution >= 0.6 is 0 Å². The Labute approximate surface area is 182 Å². The van der Waals surface area contributed by atoms with E-state index in [2.05, 4.69) is 0 Å². The molecule has 0 N–H and O–H groups in total. The summed E-state index contributed by atoms with van der Waals surface area (Å²) in [6, 6.07) is 11.4. The highest BCUT2D eigenvalue weighted by Gasteiger charge is 2.41. The van der Waals surface area contributed by atoms with Gasteiger partial charge in [0.1, 0.15) is 5.75 Å². The van der Waals surface area contributed by atoms with Crippen molar-refractivity contribution in [2.75, 3.05) is 26.2 Å². The summed E-state index contributed by atoms with van der Waals surface area (Å²) >= 11 is 0. The van der Waals surface area contributed by atoms with Crippen LogP contribution in [0.1, 0.15) is 42.7 Å². The number of carbonyl (C=O) groups excluding carboxylic acids is 2. The molecule has 0 fully saturated rings. The fourth-order valence-corrected chi connectivity index (χ4v) is 4.58. The smallest absolute Gasteiger partial charge is 0.232 e. The van der Waals surface area contributed by atoms with Crippen LogP contribution in [0.5, 0.6) is 17.2 Å². The molecule has 1 unspecified atom stereocenters. The number of aryl methyl sites for hydroxylation is 1. The van der Waals surface area contributed by atoms with E-state index in [9.17, 15) is 9.59 Å². The number of benzene rings is 2. The number of rotatable bonds is 5. The van der Waals surface area contributed by atoms with E-state index >= 15 is 0 Å². The molecular weight excluding hydrogens is 394 g/mol. The second-order valence-corrected chi connectivity index (χ2v) is 7.91. The first-order chi connectivity index (χ1) is 15.0. The van der Waals surface area contributed by atoms with Crippen molar-refractivity contribution < 1.29 is 23.8 Å². The predicted molar refractivity (Wildman–Crippen MR) is 118 cm³/mol. The Bertz CT molecular complexity index is 1050. The normalized spacial score (nSPS) is 18.7. The number of carbonyl (C=O) groups is 2. The van der Waals surface area contributed by atoms with Gasteiger partial charge in [0.2, 0.25) is 5.91 Å². The molecule has 31 heavy (non-hydrogen) atoms. The second kappa shape index (κ2) is 8.46. The van der Waals surface area contributed by atoms with Crippen molar-refractivity contribution in [1.29, 1.82) is 0 Å². The van der Waals surface area contributed by atoms with Gasteiger partial charge in [0.15, 0.2) is 17.3 Å². The Morgan fingerprint density at radius 1 is 0.871 bits per heavy atom. The minimum Gasteiger partial charge on any atom is -0.496 e. The van der Waals surface area contributed by atoms with Crippen molar-refractivity contribution in [2.45, 2.75) is 38.5 Å². The summed E-state index contributed by atoms with van der Waals surface area (Å²) in [6.45, 7) is 2.01. The maximum absolute atomic E-state index is 13.4. The van der Waals surface area contributed by atoms with Crippen molar-refractivity contribution in [1.82, 2.24) is 0 Å². The minimum absolute atomic E-state index is 0.0286. The molecule has 0 aromatic heterocycles. The Balaban J connectivity index is 1.89. The van der Waals surface area contributed by atoms with Crippen molar-refractivity contribution in [2.24, 2.45) is 0 Å². The molecule has 1 amide bonds. The first-order valence-electron chi connectivity index (χ1n) is 10.4. The molecule has 0 spiro atoms. The molecular formula is C25H27NO5. The summed E-state index contributed by atoms with van der Waals surface area (Å²) in [4.78, 5) is 28.3. The topological polar surface area (TPSA) is 65.1 Å². The lowest BCUT2D eigenvalue weighted by Crippen LogP contribution is -2.40. The van der Waals surface area contributed by atoms with Crippen molar-refractivity contribution >= 4 is 17.4 Å². The quantitative estimate of drug-likeness (QED) is 0.709. The number of ether oxygens (including phenoxy) is 3. The highest BCUT2D eigenvalue weighted by molar-refractivity contribution is 6.07. The first-order valence-corrected chi connectivity index (χ1v) is 10.4. The van der Waals surface area contributed by atoms with Crippen LogP contribution in [0.3, 0.4) is 0 Å². The zero-order valence-electron chi connectivity index (χ0n) is 18.4. The van der Waals surface area contributed by atoms with Gasteiger partial charge in [-0.1, -0.05) is 17.7 Å². The van der Waals surface area contributed by atoms with Crippen LogP contribution in [0.2, 0.25) is 0 Å². The number of hydrogen-bond acceptors (Lipinski definition) is 5. The number of methoxy groups -OCH3 is 3. The maximum Gasteiger partial charge on any atom is 0.232 e. The van der Waals surface area contributed by atoms with Crippen molar-refractivity contribution in [3.8, 4) is 17.2 Å². The molecule has 0 bridgehead atoms. The van der Waals surface area contributed by atoms with Crippen LogP contribution in [0.25, 0.3) is 0 Å². The van der Waals surface area contributed by atoms with E-state index in [4.69, 9.17) is 14.2 Å². The first kappa shape index (κ1) is 21.0. The van der Waals surface area contributed by atoms with Gasteiger partial charge < -0.3 is 14.2 Å². The maximum atomic E-state index is 13.4. The van der Waals surface area contributed by atoms with Crippen LogP contribution in [-0.4, -0.2) is 33.0 Å². The number of ketones is 1. The molecule has 0 radical (unpaired) electrons. The monoisotopic (exact) mass is 421 g/mol. The van der Waals surface area contributed by atoms with Gasteiger partial charge in [0.05, 0.1) is 21.3 Å². The van der Waals surface area contributed by atoms with E-state index in [1.165, 1.54) is 0 Å². The van der Waals surface area contributed by atoms with E-state index in [-0.39, 0.29) is 24.0 Å². The Morgan fingerprint density at radius 3 is 2.16 bits per heavy atom. The molecule has 2 aromatic rings. The van der Waals surface area contributed by atoms with Crippen LogP contribution in [0.4, 0.5) is 5.69 Å². The number of hydrogen-bond donors (Lipinski definition) is 0. The van der Waals surface area contributed by atoms with Crippen molar-refractivity contribution in [3.05, 3.63) is 58.8 Å². The highest BCUT2D eigenvalue weighted by Crippen LogP contribution is 2.48. The Hall–Kier alpha value is -3.28. The molecule has 2 aromatic carbocycles. The zero-order chi connectivity index (χ0) is 22.1. The molecule has 1 aliphatic carbocycles. The lowest BCUT2D eigenvalue weighted by Gasteiger charge is -2.38. The average Bonchev–Trinajstić information content (AvgIpc) is 2.78. The zero-order valence-corrected chi connectivity index (χ0v) is 18.4. The van der Waals surface area contributed by atoms with Gasteiger partial charge in [0, 0.05) is 47.3 Å².